The summed E-state index contributed by atoms with van der Waals surface area (Å²) in [6.07, 6.45) is 1.02. The van der Waals surface area contributed by atoms with E-state index in [1.54, 1.807) is 0 Å². The van der Waals surface area contributed by atoms with Gasteiger partial charge in [-0.1, -0.05) is 55.4 Å². The van der Waals surface area contributed by atoms with E-state index in [9.17, 15) is 9.59 Å². The van der Waals surface area contributed by atoms with Crippen molar-refractivity contribution in [3.8, 4) is 0 Å². The van der Waals surface area contributed by atoms with Gasteiger partial charge in [-0.05, 0) is 26.7 Å². The van der Waals surface area contributed by atoms with Gasteiger partial charge in [0.05, 0.1) is 0 Å². The molecule has 0 aromatic rings. The van der Waals surface area contributed by atoms with Crippen LogP contribution in [0.25, 0.3) is 0 Å². The molecule has 0 bridgehead atoms. The van der Waals surface area contributed by atoms with Crippen molar-refractivity contribution in [2.45, 2.75) is 99.7 Å². The summed E-state index contributed by atoms with van der Waals surface area (Å²) in [5.41, 5.74) is -1.62. The summed E-state index contributed by atoms with van der Waals surface area (Å²) in [6, 6.07) is 0. The maximum atomic E-state index is 12.2. The van der Waals surface area contributed by atoms with Crippen LogP contribution in [0.3, 0.4) is 0 Å². The summed E-state index contributed by atoms with van der Waals surface area (Å²) in [5, 5.41) is 0. The average molecular weight is 377 g/mol. The van der Waals surface area contributed by atoms with Crippen LogP contribution in [0, 0.1) is 10.8 Å². The number of carbonyl (C=O) groups is 2. The minimum atomic E-state index is -0.609. The Kier molecular flexibility index (Phi) is 13.9. The molecule has 2 unspecified atom stereocenters. The first-order valence-electron chi connectivity index (χ1n) is 8.55. The normalized spacial score (nSPS) is 16.4. The van der Waals surface area contributed by atoms with E-state index in [0.717, 1.165) is 0 Å². The Labute approximate surface area is 209 Å². The average Bonchev–Trinajstić information content (AvgIpc) is 2.35. The van der Waals surface area contributed by atoms with Crippen molar-refractivity contribution in [3.63, 3.8) is 0 Å². The summed E-state index contributed by atoms with van der Waals surface area (Å²) in [4.78, 5) is 24.4. The van der Waals surface area contributed by atoms with Crippen LogP contribution in [-0.2, 0) is 19.1 Å². The minimum absolute atomic E-state index is 0. The number of hydrogen-bond donors (Lipinski definition) is 0. The van der Waals surface area contributed by atoms with Gasteiger partial charge in [0, 0.05) is 10.8 Å². The summed E-state index contributed by atoms with van der Waals surface area (Å²) in [6.45, 7) is 19.9. The summed E-state index contributed by atoms with van der Waals surface area (Å²) < 4.78 is 11.2. The van der Waals surface area contributed by atoms with E-state index < -0.39 is 23.1 Å². The van der Waals surface area contributed by atoms with Crippen LogP contribution in [0.4, 0.5) is 0 Å². The van der Waals surface area contributed by atoms with Crippen molar-refractivity contribution in [2.75, 3.05) is 0 Å². The van der Waals surface area contributed by atoms with E-state index in [-0.39, 0.29) is 87.5 Å². The molecule has 0 aliphatic heterocycles. The molecule has 0 saturated heterocycles. The van der Waals surface area contributed by atoms with Crippen molar-refractivity contribution in [2.24, 2.45) is 10.8 Å². The van der Waals surface area contributed by atoms with Gasteiger partial charge in [-0.15, -0.1) is 0 Å². The zero-order valence-electron chi connectivity index (χ0n) is 16.8. The Morgan fingerprint density at radius 3 is 1.08 bits per heavy atom. The van der Waals surface area contributed by atoms with E-state index in [1.807, 2.05) is 69.2 Å². The number of hydrogen-bond acceptors (Lipinski definition) is 4. The fourth-order valence-electron chi connectivity index (χ4n) is 2.20. The Bertz CT molecular complexity index is 400. The van der Waals surface area contributed by atoms with Gasteiger partial charge in [-0.25, -0.2) is 0 Å². The predicted octanol–water partition coefficient (Wildman–Crippen LogP) is 3.60. The number of esters is 2. The molecule has 0 fully saturated rings. The molecule has 2 atom stereocenters. The number of ether oxygens (including phenoxy) is 2. The molecule has 0 amide bonds. The molecule has 0 aliphatic rings. The molecule has 0 aromatic heterocycles. The molecule has 0 N–H and O–H groups in total. The number of rotatable bonds is 6. The van der Waals surface area contributed by atoms with Crippen LogP contribution in [0.1, 0.15) is 88.5 Å². The third-order valence-electron chi connectivity index (χ3n) is 5.49. The van der Waals surface area contributed by atoms with Crippen LogP contribution < -0.4 is 0 Å². The van der Waals surface area contributed by atoms with E-state index in [1.165, 1.54) is 0 Å². The topological polar surface area (TPSA) is 52.6 Å². The van der Waals surface area contributed by atoms with E-state index in [0.29, 0.717) is 12.8 Å². The molecule has 0 aliphatic carbocycles. The first-order valence-corrected chi connectivity index (χ1v) is 8.55. The van der Waals surface area contributed by atoms with Crippen molar-refractivity contribution in [1.82, 2.24) is 0 Å². The maximum absolute atomic E-state index is 12.2. The third-order valence-corrected chi connectivity index (χ3v) is 5.49. The second kappa shape index (κ2) is 11.2. The first-order chi connectivity index (χ1) is 10.1. The van der Waals surface area contributed by atoms with Crippen molar-refractivity contribution in [3.05, 3.63) is 0 Å². The van der Waals surface area contributed by atoms with Crippen LogP contribution in [0.5, 0.6) is 0 Å². The second-order valence-electron chi connectivity index (χ2n) is 8.79. The van der Waals surface area contributed by atoms with Crippen molar-refractivity contribution in [1.29, 1.82) is 0 Å². The molecule has 25 heavy (non-hydrogen) atoms. The molecule has 0 heterocycles. The van der Waals surface area contributed by atoms with E-state index >= 15 is 0 Å². The van der Waals surface area contributed by atoms with Gasteiger partial charge in [0.2, 0.25) is 0 Å². The quantitative estimate of drug-likeness (QED) is 0.404. The van der Waals surface area contributed by atoms with E-state index in [4.69, 9.17) is 9.47 Å². The molecule has 0 saturated carbocycles. The van der Waals surface area contributed by atoms with Gasteiger partial charge in [0.25, 0.3) is 0 Å². The van der Waals surface area contributed by atoms with Crippen LogP contribution >= 0.6 is 0 Å². The molecule has 0 radical (unpaired) electrons. The van der Waals surface area contributed by atoms with Crippen LogP contribution in [0.15, 0.2) is 0 Å². The first kappa shape index (κ1) is 30.9. The van der Waals surface area contributed by atoms with Gasteiger partial charge < -0.3 is 9.47 Å². The standard InChI is InChI=1S/C19H36O4.K.Li.2H/c1-11-18(9,16(3,4)5)22-14(20)13-15(21)23-19(10,12-2)17(6,7)8;;;;/h11-13H2,1-10H3;;;;. The predicted molar refractivity (Wildman–Crippen MR) is 107 cm³/mol. The Balaban J connectivity index is -0.00000242. The summed E-state index contributed by atoms with van der Waals surface area (Å²) in [5.74, 6) is -1.05. The number of carbonyl (C=O) groups excluding carboxylic acids is 2. The second-order valence-corrected chi connectivity index (χ2v) is 8.79. The molecule has 6 heteroatoms. The Morgan fingerprint density at radius 2 is 0.920 bits per heavy atom. The summed E-state index contributed by atoms with van der Waals surface area (Å²) in [7, 11) is 0. The van der Waals surface area contributed by atoms with Crippen molar-refractivity contribution >= 4 is 82.2 Å². The zero-order valence-corrected chi connectivity index (χ0v) is 16.8. The Hall–Kier alpha value is 1.17. The molecular formula is C19H38KLiO4. The van der Waals surface area contributed by atoms with E-state index in [2.05, 4.69) is 0 Å². The van der Waals surface area contributed by atoms with Gasteiger partial charge in [-0.3, -0.25) is 9.59 Å². The molecule has 0 rings (SSSR count). The van der Waals surface area contributed by atoms with Crippen LogP contribution in [0.2, 0.25) is 0 Å². The van der Waals surface area contributed by atoms with Gasteiger partial charge in [-0.2, -0.15) is 0 Å². The molecule has 0 aromatic carbocycles. The Morgan fingerprint density at radius 1 is 0.680 bits per heavy atom. The fourth-order valence-corrected chi connectivity index (χ4v) is 2.20. The summed E-state index contributed by atoms with van der Waals surface area (Å²) >= 11 is 0. The van der Waals surface area contributed by atoms with Gasteiger partial charge in [0.15, 0.2) is 0 Å². The fraction of sp³-hybridized carbons (Fsp3) is 0.895. The zero-order chi connectivity index (χ0) is 18.7. The SMILES string of the molecule is CCC(C)(OC(=O)CC(=O)OC(C)(CC)C(C)(C)C)C(C)(C)C.[KH].[LiH]. The third kappa shape index (κ3) is 8.81. The molecule has 140 valence electrons. The van der Waals surface area contributed by atoms with Crippen LogP contribution in [-0.4, -0.2) is 93.4 Å². The van der Waals surface area contributed by atoms with Gasteiger partial charge in [0.1, 0.15) is 17.6 Å². The molecular weight excluding hydrogens is 338 g/mol. The molecule has 0 spiro atoms. The van der Waals surface area contributed by atoms with Crippen molar-refractivity contribution < 1.29 is 19.1 Å². The molecule has 4 nitrogen and oxygen atoms in total. The van der Waals surface area contributed by atoms with Gasteiger partial charge >= 0.3 is 82.2 Å². The monoisotopic (exact) mass is 376 g/mol.